The summed E-state index contributed by atoms with van der Waals surface area (Å²) in [4.78, 5) is 2.38. The maximum Gasteiger partial charge on any atom is 0.146 e. The van der Waals surface area contributed by atoms with Crippen molar-refractivity contribution >= 4 is 5.82 Å². The zero-order valence-electron chi connectivity index (χ0n) is 12.0. The highest BCUT2D eigenvalue weighted by atomic mass is 15.1. The number of aromatic nitrogens is 2. The lowest BCUT2D eigenvalue weighted by atomic mass is 9.87. The monoisotopic (exact) mass is 268 g/mol. The molecule has 1 aromatic heterocycles. The zero-order chi connectivity index (χ0) is 14.1. The molecule has 0 amide bonds. The average molecular weight is 268 g/mol. The summed E-state index contributed by atoms with van der Waals surface area (Å²) in [6.07, 6.45) is 1.18. The molecule has 0 bridgehead atoms. The SMILES string of the molecule is CC[C@@H]1CN(C)Cc2cc(-c3ccc(N)nn3)ccc21. The molecule has 2 aromatic rings. The molecular formula is C16H20N4. The Morgan fingerprint density at radius 2 is 2.10 bits per heavy atom. The van der Waals surface area contributed by atoms with Crippen LogP contribution in [0.4, 0.5) is 5.82 Å². The molecule has 1 aliphatic heterocycles. The number of hydrogen-bond donors (Lipinski definition) is 1. The Balaban J connectivity index is 2.00. The summed E-state index contributed by atoms with van der Waals surface area (Å²) in [7, 11) is 2.18. The van der Waals surface area contributed by atoms with E-state index in [1.807, 2.05) is 6.07 Å². The Bertz CT molecular complexity index is 606. The summed E-state index contributed by atoms with van der Waals surface area (Å²) in [6, 6.07) is 10.4. The molecule has 0 aliphatic carbocycles. The minimum atomic E-state index is 0.456. The van der Waals surface area contributed by atoms with Crippen LogP contribution in [0.25, 0.3) is 11.3 Å². The molecule has 20 heavy (non-hydrogen) atoms. The van der Waals surface area contributed by atoms with Crippen molar-refractivity contribution in [2.75, 3.05) is 19.3 Å². The van der Waals surface area contributed by atoms with Gasteiger partial charge in [-0.2, -0.15) is 0 Å². The van der Waals surface area contributed by atoms with Gasteiger partial charge >= 0.3 is 0 Å². The normalized spacial score (nSPS) is 18.8. The number of benzene rings is 1. The van der Waals surface area contributed by atoms with Gasteiger partial charge in [0.2, 0.25) is 0 Å². The van der Waals surface area contributed by atoms with Gasteiger partial charge in [-0.25, -0.2) is 0 Å². The van der Waals surface area contributed by atoms with E-state index in [4.69, 9.17) is 5.73 Å². The summed E-state index contributed by atoms with van der Waals surface area (Å²) < 4.78 is 0. The van der Waals surface area contributed by atoms with Gasteiger partial charge in [0.25, 0.3) is 0 Å². The van der Waals surface area contributed by atoms with E-state index in [0.29, 0.717) is 11.7 Å². The Hall–Kier alpha value is -1.94. The second kappa shape index (κ2) is 5.21. The van der Waals surface area contributed by atoms with Gasteiger partial charge in [-0.3, -0.25) is 0 Å². The first kappa shape index (κ1) is 13.1. The number of anilines is 1. The first-order valence-corrected chi connectivity index (χ1v) is 7.08. The number of hydrogen-bond acceptors (Lipinski definition) is 4. The Morgan fingerprint density at radius 1 is 1.25 bits per heavy atom. The van der Waals surface area contributed by atoms with Crippen molar-refractivity contribution in [2.24, 2.45) is 0 Å². The number of nitrogen functional groups attached to an aromatic ring is 1. The smallest absolute Gasteiger partial charge is 0.146 e. The Labute approximate surface area is 119 Å². The van der Waals surface area contributed by atoms with Crippen LogP contribution in [-0.4, -0.2) is 28.7 Å². The molecule has 0 saturated heterocycles. The standard InChI is InChI=1S/C16H20N4/c1-3-11-9-20(2)10-13-8-12(4-5-14(11)13)15-6-7-16(17)19-18-15/h4-8,11H,3,9-10H2,1-2H3,(H2,17,19)/t11-/m1/s1. The summed E-state index contributed by atoms with van der Waals surface area (Å²) in [5, 5.41) is 8.10. The fourth-order valence-corrected chi connectivity index (χ4v) is 2.98. The predicted molar refractivity (Wildman–Crippen MR) is 81.2 cm³/mol. The average Bonchev–Trinajstić information content (AvgIpc) is 2.46. The lowest BCUT2D eigenvalue weighted by Crippen LogP contribution is -2.30. The molecule has 0 saturated carbocycles. The maximum absolute atomic E-state index is 5.59. The largest absolute Gasteiger partial charge is 0.382 e. The van der Waals surface area contributed by atoms with Gasteiger partial charge < -0.3 is 10.6 Å². The van der Waals surface area contributed by atoms with E-state index in [1.54, 1.807) is 6.07 Å². The first-order chi connectivity index (χ1) is 9.67. The van der Waals surface area contributed by atoms with Crippen LogP contribution < -0.4 is 5.73 Å². The summed E-state index contributed by atoms with van der Waals surface area (Å²) in [5.41, 5.74) is 10.5. The minimum Gasteiger partial charge on any atom is -0.382 e. The second-order valence-electron chi connectivity index (χ2n) is 5.56. The third-order valence-electron chi connectivity index (χ3n) is 4.03. The molecule has 4 nitrogen and oxygen atoms in total. The fraction of sp³-hybridized carbons (Fsp3) is 0.375. The molecule has 0 spiro atoms. The van der Waals surface area contributed by atoms with E-state index in [-0.39, 0.29) is 0 Å². The number of nitrogens with zero attached hydrogens (tertiary/aromatic N) is 3. The predicted octanol–water partition coefficient (Wildman–Crippen LogP) is 2.66. The topological polar surface area (TPSA) is 55.0 Å². The molecule has 1 aliphatic rings. The lowest BCUT2D eigenvalue weighted by molar-refractivity contribution is 0.278. The maximum atomic E-state index is 5.59. The number of fused-ring (bicyclic) bond motifs is 1. The minimum absolute atomic E-state index is 0.456. The van der Waals surface area contributed by atoms with Gasteiger partial charge in [0.05, 0.1) is 5.69 Å². The fourth-order valence-electron chi connectivity index (χ4n) is 2.98. The highest BCUT2D eigenvalue weighted by molar-refractivity contribution is 5.61. The van der Waals surface area contributed by atoms with Crippen LogP contribution in [0.5, 0.6) is 0 Å². The summed E-state index contributed by atoms with van der Waals surface area (Å²) in [5.74, 6) is 1.09. The van der Waals surface area contributed by atoms with Crippen molar-refractivity contribution in [1.82, 2.24) is 15.1 Å². The molecule has 4 heteroatoms. The Morgan fingerprint density at radius 3 is 2.80 bits per heavy atom. The van der Waals surface area contributed by atoms with Crippen molar-refractivity contribution in [2.45, 2.75) is 25.8 Å². The summed E-state index contributed by atoms with van der Waals surface area (Å²) in [6.45, 7) is 4.40. The highest BCUT2D eigenvalue weighted by Gasteiger charge is 2.22. The van der Waals surface area contributed by atoms with Gasteiger partial charge in [0.1, 0.15) is 5.82 Å². The molecule has 0 fully saturated rings. The van der Waals surface area contributed by atoms with Gasteiger partial charge in [-0.15, -0.1) is 10.2 Å². The van der Waals surface area contributed by atoms with Crippen molar-refractivity contribution in [1.29, 1.82) is 0 Å². The van der Waals surface area contributed by atoms with Crippen LogP contribution in [0.1, 0.15) is 30.4 Å². The van der Waals surface area contributed by atoms with Gasteiger partial charge in [-0.1, -0.05) is 19.1 Å². The molecule has 1 atom stereocenters. The van der Waals surface area contributed by atoms with Crippen LogP contribution in [-0.2, 0) is 6.54 Å². The molecule has 2 N–H and O–H groups in total. The van der Waals surface area contributed by atoms with Crippen LogP contribution >= 0.6 is 0 Å². The van der Waals surface area contributed by atoms with E-state index in [1.165, 1.54) is 17.5 Å². The number of rotatable bonds is 2. The third kappa shape index (κ3) is 2.39. The molecule has 104 valence electrons. The quantitative estimate of drug-likeness (QED) is 0.909. The zero-order valence-corrected chi connectivity index (χ0v) is 12.0. The second-order valence-corrected chi connectivity index (χ2v) is 5.56. The molecule has 2 heterocycles. The van der Waals surface area contributed by atoms with E-state index in [0.717, 1.165) is 24.3 Å². The van der Waals surface area contributed by atoms with E-state index in [2.05, 4.69) is 47.3 Å². The molecule has 1 aromatic carbocycles. The molecule has 0 radical (unpaired) electrons. The molecule has 3 rings (SSSR count). The number of likely N-dealkylation sites (N-methyl/N-ethyl adjacent to an activating group) is 1. The van der Waals surface area contributed by atoms with E-state index >= 15 is 0 Å². The van der Waals surface area contributed by atoms with Gasteiger partial charge in [0, 0.05) is 18.7 Å². The van der Waals surface area contributed by atoms with Crippen LogP contribution in [0.3, 0.4) is 0 Å². The van der Waals surface area contributed by atoms with E-state index in [9.17, 15) is 0 Å². The molecular weight excluding hydrogens is 248 g/mol. The first-order valence-electron chi connectivity index (χ1n) is 7.08. The summed E-state index contributed by atoms with van der Waals surface area (Å²) >= 11 is 0. The highest BCUT2D eigenvalue weighted by Crippen LogP contribution is 2.32. The van der Waals surface area contributed by atoms with Crippen LogP contribution in [0.2, 0.25) is 0 Å². The van der Waals surface area contributed by atoms with Crippen molar-refractivity contribution in [3.05, 3.63) is 41.5 Å². The van der Waals surface area contributed by atoms with Crippen molar-refractivity contribution in [3.63, 3.8) is 0 Å². The van der Waals surface area contributed by atoms with Gasteiger partial charge in [0.15, 0.2) is 0 Å². The van der Waals surface area contributed by atoms with Crippen LogP contribution in [0.15, 0.2) is 30.3 Å². The molecule has 0 unspecified atom stereocenters. The number of nitrogens with two attached hydrogens (primary N) is 1. The van der Waals surface area contributed by atoms with E-state index < -0.39 is 0 Å². The third-order valence-corrected chi connectivity index (χ3v) is 4.03. The van der Waals surface area contributed by atoms with Gasteiger partial charge in [-0.05, 0) is 48.7 Å². The Kier molecular flexibility index (Phi) is 3.40. The van der Waals surface area contributed by atoms with Crippen molar-refractivity contribution in [3.8, 4) is 11.3 Å². The van der Waals surface area contributed by atoms with Crippen LogP contribution in [0, 0.1) is 0 Å². The van der Waals surface area contributed by atoms with Crippen molar-refractivity contribution < 1.29 is 0 Å². The lowest BCUT2D eigenvalue weighted by Gasteiger charge is -2.32.